The van der Waals surface area contributed by atoms with Crippen molar-refractivity contribution in [2.45, 2.75) is 32.2 Å². The molecule has 98 valence electrons. The molecule has 0 radical (unpaired) electrons. The SMILES string of the molecule is Cc1cc(C(=O)N2CC3CCC2C(CO)C3)ns1. The molecule has 4 nitrogen and oxygen atoms in total. The van der Waals surface area contributed by atoms with Gasteiger partial charge in [0.05, 0.1) is 0 Å². The summed E-state index contributed by atoms with van der Waals surface area (Å²) >= 11 is 1.38. The number of carbonyl (C=O) groups is 1. The molecule has 1 aliphatic carbocycles. The topological polar surface area (TPSA) is 53.4 Å². The molecule has 3 heterocycles. The molecule has 3 fully saturated rings. The van der Waals surface area contributed by atoms with E-state index in [0.717, 1.165) is 24.3 Å². The first-order chi connectivity index (χ1) is 8.69. The molecule has 2 bridgehead atoms. The number of aryl methyl sites for hydroxylation is 1. The van der Waals surface area contributed by atoms with Gasteiger partial charge in [0.25, 0.3) is 5.91 Å². The van der Waals surface area contributed by atoms with E-state index in [4.69, 9.17) is 0 Å². The normalized spacial score (nSPS) is 30.8. The van der Waals surface area contributed by atoms with Gasteiger partial charge in [0, 0.05) is 30.0 Å². The van der Waals surface area contributed by atoms with Crippen LogP contribution in [0.4, 0.5) is 0 Å². The Bertz CT molecular complexity index is 460. The Balaban J connectivity index is 1.82. The molecular formula is C13H18N2O2S. The zero-order valence-electron chi connectivity index (χ0n) is 10.5. The first-order valence-electron chi connectivity index (χ1n) is 6.54. The fraction of sp³-hybridized carbons (Fsp3) is 0.692. The van der Waals surface area contributed by atoms with Gasteiger partial charge in [0.1, 0.15) is 5.69 Å². The minimum atomic E-state index is 0.0483. The number of rotatable bonds is 2. The molecule has 2 saturated heterocycles. The fourth-order valence-electron chi connectivity index (χ4n) is 3.38. The first-order valence-corrected chi connectivity index (χ1v) is 7.31. The van der Waals surface area contributed by atoms with Crippen molar-refractivity contribution in [3.8, 4) is 0 Å². The van der Waals surface area contributed by atoms with E-state index in [-0.39, 0.29) is 24.5 Å². The molecule has 4 rings (SSSR count). The van der Waals surface area contributed by atoms with Crippen molar-refractivity contribution in [2.24, 2.45) is 11.8 Å². The van der Waals surface area contributed by atoms with Crippen LogP contribution in [0.25, 0.3) is 0 Å². The van der Waals surface area contributed by atoms with Crippen LogP contribution in [0.2, 0.25) is 0 Å². The standard InChI is InChI=1S/C13H18N2O2S/c1-8-4-11(14-18-8)13(17)15-6-9-2-3-12(15)10(5-9)7-16/h4,9-10,12,16H,2-3,5-7H2,1H3. The molecule has 1 aromatic rings. The van der Waals surface area contributed by atoms with Crippen LogP contribution >= 0.6 is 11.5 Å². The third-order valence-corrected chi connectivity index (χ3v) is 4.94. The predicted octanol–water partition coefficient (Wildman–Crippen LogP) is 1.68. The number of fused-ring (bicyclic) bond motifs is 3. The van der Waals surface area contributed by atoms with Crippen LogP contribution in [0.15, 0.2) is 6.07 Å². The summed E-state index contributed by atoms with van der Waals surface area (Å²) in [5.74, 6) is 0.879. The lowest BCUT2D eigenvalue weighted by atomic mass is 9.73. The van der Waals surface area contributed by atoms with Crippen molar-refractivity contribution >= 4 is 17.4 Å². The van der Waals surface area contributed by atoms with Crippen LogP contribution in [-0.2, 0) is 0 Å². The Hall–Kier alpha value is -0.940. The maximum absolute atomic E-state index is 12.5. The van der Waals surface area contributed by atoms with E-state index in [1.807, 2.05) is 17.9 Å². The van der Waals surface area contributed by atoms with E-state index in [0.29, 0.717) is 11.6 Å². The highest BCUT2D eigenvalue weighted by atomic mass is 32.1. The van der Waals surface area contributed by atoms with Crippen LogP contribution in [0, 0.1) is 18.8 Å². The van der Waals surface area contributed by atoms with Gasteiger partial charge >= 0.3 is 0 Å². The largest absolute Gasteiger partial charge is 0.396 e. The van der Waals surface area contributed by atoms with Crippen molar-refractivity contribution in [2.75, 3.05) is 13.2 Å². The van der Waals surface area contributed by atoms with Gasteiger partial charge in [-0.1, -0.05) is 0 Å². The number of aliphatic hydroxyl groups excluding tert-OH is 1. The lowest BCUT2D eigenvalue weighted by Gasteiger charge is -2.49. The summed E-state index contributed by atoms with van der Waals surface area (Å²) in [6.07, 6.45) is 3.30. The van der Waals surface area contributed by atoms with Crippen molar-refractivity contribution in [1.29, 1.82) is 0 Å². The van der Waals surface area contributed by atoms with E-state index in [9.17, 15) is 9.90 Å². The van der Waals surface area contributed by atoms with Gasteiger partial charge in [-0.05, 0) is 49.7 Å². The molecule has 0 aromatic carbocycles. The summed E-state index contributed by atoms with van der Waals surface area (Å²) in [6, 6.07) is 2.08. The zero-order valence-corrected chi connectivity index (χ0v) is 11.3. The first kappa shape index (κ1) is 12.1. The lowest BCUT2D eigenvalue weighted by molar-refractivity contribution is -0.0110. The molecule has 18 heavy (non-hydrogen) atoms. The monoisotopic (exact) mass is 266 g/mol. The van der Waals surface area contributed by atoms with E-state index in [2.05, 4.69) is 4.37 Å². The summed E-state index contributed by atoms with van der Waals surface area (Å²) in [4.78, 5) is 15.5. The molecule has 3 aliphatic rings. The molecule has 1 amide bonds. The predicted molar refractivity (Wildman–Crippen MR) is 69.6 cm³/mol. The van der Waals surface area contributed by atoms with Crippen LogP contribution in [-0.4, -0.2) is 39.5 Å². The third kappa shape index (κ3) is 1.95. The molecule has 2 aliphatic heterocycles. The van der Waals surface area contributed by atoms with Crippen molar-refractivity contribution in [3.63, 3.8) is 0 Å². The number of aromatic nitrogens is 1. The molecule has 3 unspecified atom stereocenters. The summed E-state index contributed by atoms with van der Waals surface area (Å²) < 4.78 is 4.21. The van der Waals surface area contributed by atoms with E-state index >= 15 is 0 Å². The molecule has 1 N–H and O–H groups in total. The Labute approximate surface area is 111 Å². The second-order valence-corrected chi connectivity index (χ2v) is 6.48. The van der Waals surface area contributed by atoms with Crippen molar-refractivity contribution in [3.05, 3.63) is 16.6 Å². The lowest BCUT2D eigenvalue weighted by Crippen LogP contribution is -2.56. The van der Waals surface area contributed by atoms with Crippen LogP contribution in [0.1, 0.15) is 34.6 Å². The molecular weight excluding hydrogens is 248 g/mol. The van der Waals surface area contributed by atoms with Gasteiger partial charge in [0.15, 0.2) is 0 Å². The average Bonchev–Trinajstić information content (AvgIpc) is 2.84. The Morgan fingerprint density at radius 3 is 3.06 bits per heavy atom. The summed E-state index contributed by atoms with van der Waals surface area (Å²) in [5.41, 5.74) is 0.571. The minimum absolute atomic E-state index is 0.0483. The van der Waals surface area contributed by atoms with Crippen LogP contribution < -0.4 is 0 Å². The second kappa shape index (κ2) is 4.63. The van der Waals surface area contributed by atoms with E-state index in [1.165, 1.54) is 18.0 Å². The smallest absolute Gasteiger partial charge is 0.273 e. The number of nitrogens with zero attached hydrogens (tertiary/aromatic N) is 2. The van der Waals surface area contributed by atoms with Crippen molar-refractivity contribution < 1.29 is 9.90 Å². The number of carbonyl (C=O) groups excluding carboxylic acids is 1. The van der Waals surface area contributed by atoms with Gasteiger partial charge < -0.3 is 10.0 Å². The number of amides is 1. The molecule has 1 saturated carbocycles. The quantitative estimate of drug-likeness (QED) is 0.886. The Morgan fingerprint density at radius 1 is 1.61 bits per heavy atom. The van der Waals surface area contributed by atoms with Crippen LogP contribution in [0.3, 0.4) is 0 Å². The van der Waals surface area contributed by atoms with Gasteiger partial charge in [-0.3, -0.25) is 4.79 Å². The zero-order chi connectivity index (χ0) is 12.7. The second-order valence-electron chi connectivity index (χ2n) is 5.47. The number of aliphatic hydroxyl groups is 1. The number of hydrogen-bond donors (Lipinski definition) is 1. The van der Waals surface area contributed by atoms with Crippen molar-refractivity contribution in [1.82, 2.24) is 9.27 Å². The summed E-state index contributed by atoms with van der Waals surface area (Å²) in [7, 11) is 0. The molecule has 3 atom stereocenters. The number of piperidine rings is 2. The number of hydrogen-bond acceptors (Lipinski definition) is 4. The maximum atomic E-state index is 12.5. The van der Waals surface area contributed by atoms with Gasteiger partial charge in [0.2, 0.25) is 0 Å². The minimum Gasteiger partial charge on any atom is -0.396 e. The maximum Gasteiger partial charge on any atom is 0.273 e. The third-order valence-electron chi connectivity index (χ3n) is 4.25. The summed E-state index contributed by atoms with van der Waals surface area (Å²) in [6.45, 7) is 3.00. The molecule has 5 heteroatoms. The van der Waals surface area contributed by atoms with Crippen LogP contribution in [0.5, 0.6) is 0 Å². The fourth-order valence-corrected chi connectivity index (χ4v) is 3.92. The molecule has 0 spiro atoms. The highest BCUT2D eigenvalue weighted by Crippen LogP contribution is 2.39. The van der Waals surface area contributed by atoms with Gasteiger partial charge in [-0.2, -0.15) is 4.37 Å². The Morgan fingerprint density at radius 2 is 2.44 bits per heavy atom. The van der Waals surface area contributed by atoms with E-state index < -0.39 is 0 Å². The average molecular weight is 266 g/mol. The highest BCUT2D eigenvalue weighted by molar-refractivity contribution is 7.05. The molecule has 1 aromatic heterocycles. The van der Waals surface area contributed by atoms with Gasteiger partial charge in [-0.15, -0.1) is 0 Å². The van der Waals surface area contributed by atoms with Gasteiger partial charge in [-0.25, -0.2) is 0 Å². The highest BCUT2D eigenvalue weighted by Gasteiger charge is 2.42. The Kier molecular flexibility index (Phi) is 3.11. The summed E-state index contributed by atoms with van der Waals surface area (Å²) in [5, 5.41) is 9.44. The van der Waals surface area contributed by atoms with E-state index in [1.54, 1.807) is 0 Å².